The normalized spacial score (nSPS) is 25.0. The molecule has 1 saturated carbocycles. The molecule has 132 valence electrons. The summed E-state index contributed by atoms with van der Waals surface area (Å²) < 4.78 is 5.64. The Hall–Kier alpha value is -1.18. The zero-order chi connectivity index (χ0) is 17.1. The van der Waals surface area contributed by atoms with Gasteiger partial charge in [-0.05, 0) is 54.1 Å². The van der Waals surface area contributed by atoms with Crippen molar-refractivity contribution in [3.63, 3.8) is 0 Å². The van der Waals surface area contributed by atoms with E-state index < -0.39 is 0 Å². The summed E-state index contributed by atoms with van der Waals surface area (Å²) in [6, 6.07) is 2.40. The first-order valence-corrected chi connectivity index (χ1v) is 9.30. The third-order valence-electron chi connectivity index (χ3n) is 4.96. The van der Waals surface area contributed by atoms with Gasteiger partial charge in [-0.15, -0.1) is 0 Å². The van der Waals surface area contributed by atoms with E-state index in [1.807, 2.05) is 0 Å². The van der Waals surface area contributed by atoms with Crippen molar-refractivity contribution in [2.45, 2.75) is 50.3 Å². The lowest BCUT2D eigenvalue weighted by atomic mass is 10.0. The minimum Gasteiger partial charge on any atom is -0.465 e. The molecule has 2 fully saturated rings. The van der Waals surface area contributed by atoms with Crippen LogP contribution in [0.25, 0.3) is 0 Å². The van der Waals surface area contributed by atoms with Crippen LogP contribution < -0.4 is 10.2 Å². The Morgan fingerprint density at radius 1 is 1.38 bits per heavy atom. The number of carbonyl (C=O) groups excluding carboxylic acids is 1. The van der Waals surface area contributed by atoms with Crippen LogP contribution in [0.5, 0.6) is 0 Å². The first-order chi connectivity index (χ1) is 11.6. The number of methoxy groups -OCH3 is 1. The highest BCUT2D eigenvalue weighted by molar-refractivity contribution is 9.10. The molecule has 3 rings (SSSR count). The number of carbonyl (C=O) groups is 1. The molecule has 2 unspecified atom stereocenters. The molecular weight excluding hydrogens is 374 g/mol. The van der Waals surface area contributed by atoms with Crippen molar-refractivity contribution in [1.29, 1.82) is 0 Å². The minimum atomic E-state index is -0.367. The van der Waals surface area contributed by atoms with Gasteiger partial charge in [0.25, 0.3) is 0 Å². The molecule has 24 heavy (non-hydrogen) atoms. The van der Waals surface area contributed by atoms with Crippen molar-refractivity contribution < 1.29 is 14.6 Å². The predicted octanol–water partition coefficient (Wildman–Crippen LogP) is 2.10. The second-order valence-electron chi connectivity index (χ2n) is 6.55. The van der Waals surface area contributed by atoms with E-state index in [0.29, 0.717) is 17.4 Å². The average molecular weight is 398 g/mol. The summed E-state index contributed by atoms with van der Waals surface area (Å²) in [7, 11) is 1.39. The highest BCUT2D eigenvalue weighted by Crippen LogP contribution is 2.26. The Morgan fingerprint density at radius 2 is 2.12 bits per heavy atom. The molecule has 1 saturated heterocycles. The van der Waals surface area contributed by atoms with Crippen LogP contribution in [0.2, 0.25) is 0 Å². The number of rotatable bonds is 4. The molecule has 0 bridgehead atoms. The maximum Gasteiger partial charge on any atom is 0.341 e. The van der Waals surface area contributed by atoms with Crippen LogP contribution in [-0.2, 0) is 4.74 Å². The zero-order valence-corrected chi connectivity index (χ0v) is 15.5. The maximum atomic E-state index is 12.0. The van der Waals surface area contributed by atoms with E-state index in [4.69, 9.17) is 4.74 Å². The van der Waals surface area contributed by atoms with Gasteiger partial charge >= 0.3 is 5.97 Å². The monoisotopic (exact) mass is 397 g/mol. The van der Waals surface area contributed by atoms with Gasteiger partial charge in [-0.2, -0.15) is 0 Å². The molecule has 1 aromatic heterocycles. The van der Waals surface area contributed by atoms with E-state index in [2.05, 4.69) is 31.1 Å². The summed E-state index contributed by atoms with van der Waals surface area (Å²) in [5.41, 5.74) is 0.490. The minimum absolute atomic E-state index is 0.206. The molecule has 0 amide bonds. The van der Waals surface area contributed by atoms with Crippen LogP contribution in [0.15, 0.2) is 16.7 Å². The fraction of sp³-hybridized carbons (Fsp3) is 0.647. The number of pyridine rings is 1. The molecule has 2 heterocycles. The molecule has 2 N–H and O–H groups in total. The van der Waals surface area contributed by atoms with Crippen molar-refractivity contribution in [1.82, 2.24) is 10.3 Å². The number of anilines is 1. The Morgan fingerprint density at radius 3 is 2.75 bits per heavy atom. The number of nitrogens with one attached hydrogen (secondary N) is 1. The van der Waals surface area contributed by atoms with Gasteiger partial charge in [0.15, 0.2) is 0 Å². The van der Waals surface area contributed by atoms with Crippen molar-refractivity contribution in [3.8, 4) is 0 Å². The first kappa shape index (κ1) is 17.6. The number of aliphatic hydroxyl groups is 1. The van der Waals surface area contributed by atoms with Crippen LogP contribution in [0.3, 0.4) is 0 Å². The highest BCUT2D eigenvalue weighted by Gasteiger charge is 2.30. The van der Waals surface area contributed by atoms with Crippen LogP contribution in [0.1, 0.15) is 42.5 Å². The molecule has 0 aromatic carbocycles. The van der Waals surface area contributed by atoms with Gasteiger partial charge < -0.3 is 20.1 Å². The van der Waals surface area contributed by atoms with E-state index in [9.17, 15) is 9.90 Å². The van der Waals surface area contributed by atoms with Crippen molar-refractivity contribution >= 4 is 27.7 Å². The number of ether oxygens (including phenoxy) is 1. The van der Waals surface area contributed by atoms with Crippen molar-refractivity contribution in [2.24, 2.45) is 0 Å². The van der Waals surface area contributed by atoms with E-state index in [0.717, 1.165) is 49.7 Å². The number of hydrogen-bond donors (Lipinski definition) is 2. The second-order valence-corrected chi connectivity index (χ2v) is 7.46. The van der Waals surface area contributed by atoms with Crippen LogP contribution in [0, 0.1) is 0 Å². The Bertz CT molecular complexity index is 590. The Balaban J connectivity index is 1.63. The lowest BCUT2D eigenvalue weighted by molar-refractivity contribution is 0.0600. The maximum absolute atomic E-state index is 12.0. The van der Waals surface area contributed by atoms with Gasteiger partial charge in [0.2, 0.25) is 0 Å². The lowest BCUT2D eigenvalue weighted by Crippen LogP contribution is -2.48. The van der Waals surface area contributed by atoms with Gasteiger partial charge in [0.1, 0.15) is 11.4 Å². The van der Waals surface area contributed by atoms with Gasteiger partial charge in [-0.3, -0.25) is 0 Å². The fourth-order valence-corrected chi connectivity index (χ4v) is 3.97. The Labute approximate surface area is 150 Å². The molecule has 2 aliphatic rings. The number of esters is 1. The summed E-state index contributed by atoms with van der Waals surface area (Å²) in [6.45, 7) is 1.66. The number of hydrogen-bond acceptors (Lipinski definition) is 6. The third-order valence-corrected chi connectivity index (χ3v) is 5.40. The Kier molecular flexibility index (Phi) is 5.73. The fourth-order valence-electron chi connectivity index (χ4n) is 3.64. The van der Waals surface area contributed by atoms with Crippen LogP contribution in [0.4, 0.5) is 5.82 Å². The number of piperidine rings is 1. The van der Waals surface area contributed by atoms with Gasteiger partial charge in [0.05, 0.1) is 13.2 Å². The smallest absolute Gasteiger partial charge is 0.341 e. The standard InChI is InChI=1S/C17H24BrN3O3/c1-24-17(23)13-9-11(18)10-19-16(13)21-7-5-12(6-8-21)20-14-3-2-4-15(14)22/h9-10,12,14-15,20,22H,2-8H2,1H3. The van der Waals surface area contributed by atoms with E-state index in [1.165, 1.54) is 7.11 Å². The van der Waals surface area contributed by atoms with Crippen molar-refractivity contribution in [2.75, 3.05) is 25.1 Å². The number of aliphatic hydroxyl groups excluding tert-OH is 1. The molecular formula is C17H24BrN3O3. The summed E-state index contributed by atoms with van der Waals surface area (Å²) >= 11 is 3.36. The topological polar surface area (TPSA) is 74.7 Å². The SMILES string of the molecule is COC(=O)c1cc(Br)cnc1N1CCC(NC2CCCC2O)CC1. The number of nitrogens with zero attached hydrogens (tertiary/aromatic N) is 2. The van der Waals surface area contributed by atoms with Crippen LogP contribution >= 0.6 is 15.9 Å². The molecule has 0 radical (unpaired) electrons. The molecule has 0 spiro atoms. The molecule has 1 aliphatic carbocycles. The van der Waals surface area contributed by atoms with E-state index >= 15 is 0 Å². The molecule has 6 nitrogen and oxygen atoms in total. The van der Waals surface area contributed by atoms with E-state index in [-0.39, 0.29) is 18.1 Å². The molecule has 7 heteroatoms. The average Bonchev–Trinajstić information content (AvgIpc) is 3.00. The molecule has 1 aliphatic heterocycles. The molecule has 1 aromatic rings. The predicted molar refractivity (Wildman–Crippen MR) is 95.3 cm³/mol. The largest absolute Gasteiger partial charge is 0.465 e. The van der Waals surface area contributed by atoms with Gasteiger partial charge in [0, 0.05) is 35.8 Å². The second kappa shape index (κ2) is 7.80. The summed E-state index contributed by atoms with van der Waals surface area (Å²) in [4.78, 5) is 18.6. The van der Waals surface area contributed by atoms with E-state index in [1.54, 1.807) is 12.3 Å². The van der Waals surface area contributed by atoms with Gasteiger partial charge in [-0.1, -0.05) is 0 Å². The quantitative estimate of drug-likeness (QED) is 0.757. The third kappa shape index (κ3) is 3.90. The number of aromatic nitrogens is 1. The van der Waals surface area contributed by atoms with Crippen molar-refractivity contribution in [3.05, 3.63) is 22.3 Å². The lowest BCUT2D eigenvalue weighted by Gasteiger charge is -2.35. The first-order valence-electron chi connectivity index (χ1n) is 8.51. The summed E-state index contributed by atoms with van der Waals surface area (Å²) in [6.07, 6.45) is 6.51. The molecule has 2 atom stereocenters. The zero-order valence-electron chi connectivity index (χ0n) is 13.9. The summed E-state index contributed by atoms with van der Waals surface area (Å²) in [5, 5.41) is 13.6. The van der Waals surface area contributed by atoms with Crippen LogP contribution in [-0.4, -0.2) is 54.4 Å². The number of halogens is 1. The highest BCUT2D eigenvalue weighted by atomic mass is 79.9. The van der Waals surface area contributed by atoms with Gasteiger partial charge in [-0.25, -0.2) is 9.78 Å². The summed E-state index contributed by atoms with van der Waals surface area (Å²) in [5.74, 6) is 0.317.